The molecule has 0 radical (unpaired) electrons. The molecular weight excluding hydrogens is 292 g/mol. The Kier molecular flexibility index (Phi) is 3.59. The fraction of sp³-hybridized carbons (Fsp3) is 0.200. The lowest BCUT2D eigenvalue weighted by Crippen LogP contribution is -1.98. The maximum absolute atomic E-state index is 5.87. The van der Waals surface area contributed by atoms with Gasteiger partial charge in [0, 0.05) is 9.90 Å². The van der Waals surface area contributed by atoms with Gasteiger partial charge in [0.05, 0.1) is 5.39 Å². The number of rotatable bonds is 3. The highest BCUT2D eigenvalue weighted by Gasteiger charge is 2.12. The summed E-state index contributed by atoms with van der Waals surface area (Å²) in [5, 5.41) is 1.74. The van der Waals surface area contributed by atoms with Gasteiger partial charge in [-0.3, -0.25) is 0 Å². The zero-order chi connectivity index (χ0) is 14.1. The first-order valence-electron chi connectivity index (χ1n) is 6.23. The van der Waals surface area contributed by atoms with E-state index in [1.165, 1.54) is 10.4 Å². The molecule has 20 heavy (non-hydrogen) atoms. The molecule has 3 aromatic rings. The van der Waals surface area contributed by atoms with Crippen LogP contribution in [0.3, 0.4) is 0 Å². The molecule has 0 amide bonds. The van der Waals surface area contributed by atoms with Crippen LogP contribution in [0.2, 0.25) is 5.02 Å². The van der Waals surface area contributed by atoms with E-state index in [-0.39, 0.29) is 0 Å². The fourth-order valence-electron chi connectivity index (χ4n) is 1.99. The lowest BCUT2D eigenvalue weighted by Gasteiger charge is -2.07. The van der Waals surface area contributed by atoms with Crippen LogP contribution < -0.4 is 4.74 Å². The van der Waals surface area contributed by atoms with Crippen LogP contribution in [0.1, 0.15) is 16.0 Å². The molecule has 5 heteroatoms. The van der Waals surface area contributed by atoms with Gasteiger partial charge in [-0.25, -0.2) is 9.97 Å². The van der Waals surface area contributed by atoms with E-state index in [0.717, 1.165) is 20.8 Å². The summed E-state index contributed by atoms with van der Waals surface area (Å²) in [4.78, 5) is 10.8. The summed E-state index contributed by atoms with van der Waals surface area (Å²) in [6, 6.07) is 7.62. The summed E-state index contributed by atoms with van der Waals surface area (Å²) < 4.78 is 5.85. The Bertz CT molecular complexity index is 752. The Morgan fingerprint density at radius 1 is 1.15 bits per heavy atom. The van der Waals surface area contributed by atoms with Gasteiger partial charge in [-0.05, 0) is 37.1 Å². The summed E-state index contributed by atoms with van der Waals surface area (Å²) in [5.74, 6) is 0.645. The molecular formula is C15H13ClN2OS. The minimum atomic E-state index is 0.470. The van der Waals surface area contributed by atoms with Gasteiger partial charge in [0.25, 0.3) is 0 Å². The van der Waals surface area contributed by atoms with Crippen molar-refractivity contribution in [3.05, 3.63) is 51.6 Å². The second kappa shape index (κ2) is 5.38. The van der Waals surface area contributed by atoms with Gasteiger partial charge in [-0.15, -0.1) is 11.3 Å². The van der Waals surface area contributed by atoms with Gasteiger partial charge >= 0.3 is 0 Å². The third kappa shape index (κ3) is 2.49. The molecule has 0 atom stereocenters. The molecule has 3 rings (SSSR count). The third-order valence-corrected chi connectivity index (χ3v) is 4.59. The summed E-state index contributed by atoms with van der Waals surface area (Å²) in [5.41, 5.74) is 2.25. The highest BCUT2D eigenvalue weighted by atomic mass is 35.5. The second-order valence-corrected chi connectivity index (χ2v) is 6.20. The fourth-order valence-corrected chi connectivity index (χ4v) is 3.11. The lowest BCUT2D eigenvalue weighted by atomic mass is 10.2. The minimum Gasteiger partial charge on any atom is -0.472 e. The van der Waals surface area contributed by atoms with E-state index in [1.54, 1.807) is 17.7 Å². The van der Waals surface area contributed by atoms with Crippen molar-refractivity contribution >= 4 is 33.2 Å². The maximum atomic E-state index is 5.87. The van der Waals surface area contributed by atoms with Crippen molar-refractivity contribution in [2.75, 3.05) is 0 Å². The number of hydrogen-bond acceptors (Lipinski definition) is 4. The summed E-state index contributed by atoms with van der Waals surface area (Å²) >= 11 is 7.54. The van der Waals surface area contributed by atoms with E-state index in [0.29, 0.717) is 12.5 Å². The first kappa shape index (κ1) is 13.3. The highest BCUT2D eigenvalue weighted by Crippen LogP contribution is 2.33. The second-order valence-electron chi connectivity index (χ2n) is 4.56. The molecule has 0 spiro atoms. The number of benzene rings is 1. The number of hydrogen-bond donors (Lipinski definition) is 0. The van der Waals surface area contributed by atoms with Gasteiger partial charge in [0.2, 0.25) is 5.88 Å². The Morgan fingerprint density at radius 3 is 2.65 bits per heavy atom. The van der Waals surface area contributed by atoms with Crippen molar-refractivity contribution < 1.29 is 4.74 Å². The normalized spacial score (nSPS) is 10.9. The number of aromatic nitrogens is 2. The topological polar surface area (TPSA) is 35.0 Å². The zero-order valence-electron chi connectivity index (χ0n) is 11.2. The number of thiophene rings is 1. The zero-order valence-corrected chi connectivity index (χ0v) is 12.8. The molecule has 0 fully saturated rings. The first-order valence-corrected chi connectivity index (χ1v) is 7.42. The summed E-state index contributed by atoms with van der Waals surface area (Å²) in [7, 11) is 0. The molecule has 0 aliphatic carbocycles. The highest BCUT2D eigenvalue weighted by molar-refractivity contribution is 7.18. The third-order valence-electron chi connectivity index (χ3n) is 3.22. The molecule has 0 bridgehead atoms. The molecule has 3 nitrogen and oxygen atoms in total. The molecule has 2 heterocycles. The van der Waals surface area contributed by atoms with Crippen molar-refractivity contribution in [2.45, 2.75) is 20.5 Å². The van der Waals surface area contributed by atoms with Crippen LogP contribution in [-0.4, -0.2) is 9.97 Å². The van der Waals surface area contributed by atoms with Crippen molar-refractivity contribution in [2.24, 2.45) is 0 Å². The van der Waals surface area contributed by atoms with Crippen molar-refractivity contribution in [1.82, 2.24) is 9.97 Å². The largest absolute Gasteiger partial charge is 0.472 e. The average Bonchev–Trinajstić information content (AvgIpc) is 2.74. The van der Waals surface area contributed by atoms with Crippen molar-refractivity contribution in [3.63, 3.8) is 0 Å². The quantitative estimate of drug-likeness (QED) is 0.712. The predicted octanol–water partition coefficient (Wildman–Crippen LogP) is 4.54. The molecule has 0 unspecified atom stereocenters. The van der Waals surface area contributed by atoms with Gasteiger partial charge in [0.15, 0.2) is 0 Å². The number of aryl methyl sites for hydroxylation is 2. The van der Waals surface area contributed by atoms with Gasteiger partial charge < -0.3 is 4.74 Å². The Hall–Kier alpha value is -1.65. The van der Waals surface area contributed by atoms with Crippen LogP contribution in [0, 0.1) is 13.8 Å². The van der Waals surface area contributed by atoms with E-state index in [9.17, 15) is 0 Å². The first-order chi connectivity index (χ1) is 9.65. The Balaban J connectivity index is 1.89. The number of halogens is 1. The molecule has 2 aromatic heterocycles. The van der Waals surface area contributed by atoms with Crippen LogP contribution in [-0.2, 0) is 6.61 Å². The monoisotopic (exact) mass is 304 g/mol. The van der Waals surface area contributed by atoms with Crippen LogP contribution in [0.4, 0.5) is 0 Å². The summed E-state index contributed by atoms with van der Waals surface area (Å²) in [6.07, 6.45) is 1.55. The number of nitrogens with zero attached hydrogens (tertiary/aromatic N) is 2. The van der Waals surface area contributed by atoms with Crippen LogP contribution in [0.25, 0.3) is 10.2 Å². The van der Waals surface area contributed by atoms with Crippen LogP contribution in [0.15, 0.2) is 30.6 Å². The molecule has 0 saturated carbocycles. The van der Waals surface area contributed by atoms with E-state index in [1.807, 2.05) is 24.3 Å². The predicted molar refractivity (Wildman–Crippen MR) is 82.7 cm³/mol. The number of fused-ring (bicyclic) bond motifs is 1. The maximum Gasteiger partial charge on any atom is 0.225 e. The lowest BCUT2D eigenvalue weighted by molar-refractivity contribution is 0.297. The van der Waals surface area contributed by atoms with Gasteiger partial charge in [-0.2, -0.15) is 0 Å². The number of ether oxygens (including phenoxy) is 1. The molecule has 0 aliphatic heterocycles. The van der Waals surface area contributed by atoms with Gasteiger partial charge in [0.1, 0.15) is 17.8 Å². The molecule has 0 saturated heterocycles. The smallest absolute Gasteiger partial charge is 0.225 e. The van der Waals surface area contributed by atoms with E-state index in [4.69, 9.17) is 16.3 Å². The molecule has 0 N–H and O–H groups in total. The standard InChI is InChI=1S/C15H13ClN2OS/c1-9-10(2)20-15-13(9)14(17-8-18-15)19-7-11-3-5-12(16)6-4-11/h3-6,8H,7H2,1-2H3. The summed E-state index contributed by atoms with van der Waals surface area (Å²) in [6.45, 7) is 4.63. The van der Waals surface area contributed by atoms with Crippen LogP contribution >= 0.6 is 22.9 Å². The SMILES string of the molecule is Cc1sc2ncnc(OCc3ccc(Cl)cc3)c2c1C. The molecule has 102 valence electrons. The van der Waals surface area contributed by atoms with Crippen molar-refractivity contribution in [3.8, 4) is 5.88 Å². The Labute approximate surface area is 126 Å². The molecule has 1 aromatic carbocycles. The van der Waals surface area contributed by atoms with E-state index >= 15 is 0 Å². The molecule has 0 aliphatic rings. The van der Waals surface area contributed by atoms with E-state index < -0.39 is 0 Å². The van der Waals surface area contributed by atoms with Crippen LogP contribution in [0.5, 0.6) is 5.88 Å². The van der Waals surface area contributed by atoms with Crippen molar-refractivity contribution in [1.29, 1.82) is 0 Å². The minimum absolute atomic E-state index is 0.470. The Morgan fingerprint density at radius 2 is 1.90 bits per heavy atom. The van der Waals surface area contributed by atoms with Gasteiger partial charge in [-0.1, -0.05) is 23.7 Å². The van der Waals surface area contributed by atoms with E-state index in [2.05, 4.69) is 23.8 Å². The average molecular weight is 305 g/mol.